The maximum absolute atomic E-state index is 12.2. The van der Waals surface area contributed by atoms with Gasteiger partial charge in [0, 0.05) is 35.6 Å². The van der Waals surface area contributed by atoms with Crippen LogP contribution >= 0.6 is 23.5 Å². The molecule has 2 atom stereocenters. The molecule has 1 amide bonds. The zero-order valence-electron chi connectivity index (χ0n) is 10.5. The number of piperidine rings is 1. The number of thioether (sulfide) groups is 2. The minimum atomic E-state index is -0.190. The van der Waals surface area contributed by atoms with E-state index in [0.29, 0.717) is 5.25 Å². The standard InChI is InChI=1S/C12H22N2OS2/c1-12(3-2-4-13-9-12)11(15)14-7-10-8-16-5-6-17-10/h10,13H,2-9H2,1H3,(H,14,15). The second kappa shape index (κ2) is 6.34. The number of carbonyl (C=O) groups excluding carboxylic acids is 1. The quantitative estimate of drug-likeness (QED) is 0.815. The van der Waals surface area contributed by atoms with Crippen molar-refractivity contribution in [2.75, 3.05) is 36.9 Å². The van der Waals surface area contributed by atoms with Crippen LogP contribution < -0.4 is 10.6 Å². The Morgan fingerprint density at radius 1 is 1.53 bits per heavy atom. The largest absolute Gasteiger partial charge is 0.354 e. The molecule has 98 valence electrons. The Bertz CT molecular complexity index is 261. The molecule has 2 rings (SSSR count). The summed E-state index contributed by atoms with van der Waals surface area (Å²) in [6.45, 7) is 4.80. The van der Waals surface area contributed by atoms with E-state index in [0.717, 1.165) is 32.5 Å². The van der Waals surface area contributed by atoms with Crippen LogP contribution in [0.15, 0.2) is 0 Å². The van der Waals surface area contributed by atoms with Crippen molar-refractivity contribution < 1.29 is 4.79 Å². The van der Waals surface area contributed by atoms with Gasteiger partial charge in [-0.2, -0.15) is 23.5 Å². The number of carbonyl (C=O) groups is 1. The summed E-state index contributed by atoms with van der Waals surface area (Å²) in [5.41, 5.74) is -0.190. The first-order valence-electron chi connectivity index (χ1n) is 6.39. The summed E-state index contributed by atoms with van der Waals surface area (Å²) in [7, 11) is 0. The maximum Gasteiger partial charge on any atom is 0.227 e. The van der Waals surface area contributed by atoms with Crippen LogP contribution in [0.2, 0.25) is 0 Å². The van der Waals surface area contributed by atoms with Crippen molar-refractivity contribution >= 4 is 29.4 Å². The number of amides is 1. The molecule has 0 aliphatic carbocycles. The normalized spacial score (nSPS) is 34.3. The van der Waals surface area contributed by atoms with Crippen molar-refractivity contribution in [3.05, 3.63) is 0 Å². The van der Waals surface area contributed by atoms with Gasteiger partial charge in [0.25, 0.3) is 0 Å². The van der Waals surface area contributed by atoms with E-state index in [1.54, 1.807) is 0 Å². The number of hydrogen-bond acceptors (Lipinski definition) is 4. The fourth-order valence-electron chi connectivity index (χ4n) is 2.32. The van der Waals surface area contributed by atoms with E-state index in [1.807, 2.05) is 23.5 Å². The minimum Gasteiger partial charge on any atom is -0.354 e. The van der Waals surface area contributed by atoms with Crippen molar-refractivity contribution in [1.29, 1.82) is 0 Å². The number of rotatable bonds is 3. The lowest BCUT2D eigenvalue weighted by molar-refractivity contribution is -0.131. The molecule has 0 aromatic carbocycles. The molecule has 3 nitrogen and oxygen atoms in total. The van der Waals surface area contributed by atoms with Crippen LogP contribution in [0.1, 0.15) is 19.8 Å². The fraction of sp³-hybridized carbons (Fsp3) is 0.917. The third kappa shape index (κ3) is 3.80. The van der Waals surface area contributed by atoms with Gasteiger partial charge in [-0.15, -0.1) is 0 Å². The highest BCUT2D eigenvalue weighted by molar-refractivity contribution is 8.06. The molecule has 17 heavy (non-hydrogen) atoms. The topological polar surface area (TPSA) is 41.1 Å². The molecule has 5 heteroatoms. The summed E-state index contributed by atoms with van der Waals surface area (Å²) in [6.07, 6.45) is 2.12. The average Bonchev–Trinajstić information content (AvgIpc) is 2.38. The van der Waals surface area contributed by atoms with Gasteiger partial charge in [-0.1, -0.05) is 0 Å². The monoisotopic (exact) mass is 274 g/mol. The maximum atomic E-state index is 12.2. The molecule has 0 spiro atoms. The van der Waals surface area contributed by atoms with Crippen molar-refractivity contribution in [2.24, 2.45) is 5.41 Å². The van der Waals surface area contributed by atoms with E-state index in [2.05, 4.69) is 17.6 Å². The summed E-state index contributed by atoms with van der Waals surface area (Å²) in [5, 5.41) is 7.08. The van der Waals surface area contributed by atoms with Crippen LogP contribution in [0.5, 0.6) is 0 Å². The molecular formula is C12H22N2OS2. The van der Waals surface area contributed by atoms with Crippen molar-refractivity contribution in [1.82, 2.24) is 10.6 Å². The van der Waals surface area contributed by atoms with E-state index < -0.39 is 0 Å². The molecule has 2 unspecified atom stereocenters. The fourth-order valence-corrected chi connectivity index (χ4v) is 4.94. The highest BCUT2D eigenvalue weighted by Gasteiger charge is 2.34. The van der Waals surface area contributed by atoms with Crippen LogP contribution in [0.3, 0.4) is 0 Å². The van der Waals surface area contributed by atoms with Crippen LogP contribution in [-0.2, 0) is 4.79 Å². The predicted molar refractivity (Wildman–Crippen MR) is 76.8 cm³/mol. The highest BCUT2D eigenvalue weighted by atomic mass is 32.2. The molecule has 0 saturated carbocycles. The zero-order chi connectivity index (χ0) is 12.1. The summed E-state index contributed by atoms with van der Waals surface area (Å²) in [4.78, 5) is 12.2. The Hall–Kier alpha value is 0.130. The smallest absolute Gasteiger partial charge is 0.227 e. The molecule has 2 N–H and O–H groups in total. The Morgan fingerprint density at radius 3 is 3.06 bits per heavy atom. The molecule has 2 heterocycles. The molecule has 2 saturated heterocycles. The first-order valence-corrected chi connectivity index (χ1v) is 8.59. The molecule has 0 bridgehead atoms. The highest BCUT2D eigenvalue weighted by Crippen LogP contribution is 2.27. The summed E-state index contributed by atoms with van der Waals surface area (Å²) in [5.74, 6) is 3.90. The van der Waals surface area contributed by atoms with Gasteiger partial charge >= 0.3 is 0 Å². The van der Waals surface area contributed by atoms with Crippen molar-refractivity contribution in [3.63, 3.8) is 0 Å². The van der Waals surface area contributed by atoms with E-state index >= 15 is 0 Å². The lowest BCUT2D eigenvalue weighted by Gasteiger charge is -2.33. The molecule has 0 aromatic rings. The Morgan fingerprint density at radius 2 is 2.41 bits per heavy atom. The van der Waals surface area contributed by atoms with Gasteiger partial charge in [-0.25, -0.2) is 0 Å². The number of hydrogen-bond donors (Lipinski definition) is 2. The third-order valence-electron chi connectivity index (χ3n) is 3.52. The van der Waals surface area contributed by atoms with Crippen molar-refractivity contribution in [3.8, 4) is 0 Å². The third-order valence-corrected chi connectivity index (χ3v) is 6.37. The number of nitrogens with one attached hydrogen (secondary N) is 2. The average molecular weight is 274 g/mol. The summed E-state index contributed by atoms with van der Waals surface area (Å²) < 4.78 is 0. The first kappa shape index (κ1) is 13.6. The van der Waals surface area contributed by atoms with Gasteiger partial charge in [0.2, 0.25) is 5.91 Å². The van der Waals surface area contributed by atoms with E-state index in [9.17, 15) is 4.79 Å². The molecule has 2 fully saturated rings. The van der Waals surface area contributed by atoms with Crippen molar-refractivity contribution in [2.45, 2.75) is 25.0 Å². The molecule has 0 aromatic heterocycles. The SMILES string of the molecule is CC1(C(=O)NCC2CSCCS2)CCCNC1. The first-order chi connectivity index (χ1) is 8.21. The van der Waals surface area contributed by atoms with Gasteiger partial charge in [-0.05, 0) is 26.3 Å². The van der Waals surface area contributed by atoms with Gasteiger partial charge in [-0.3, -0.25) is 4.79 Å². The van der Waals surface area contributed by atoms with Gasteiger partial charge < -0.3 is 10.6 Å². The molecule has 2 aliphatic rings. The van der Waals surface area contributed by atoms with Gasteiger partial charge in [0.15, 0.2) is 0 Å². The van der Waals surface area contributed by atoms with Gasteiger partial charge in [0.1, 0.15) is 0 Å². The molecular weight excluding hydrogens is 252 g/mol. The summed E-state index contributed by atoms with van der Waals surface area (Å²) in [6, 6.07) is 0. The van der Waals surface area contributed by atoms with Gasteiger partial charge in [0.05, 0.1) is 5.41 Å². The lowest BCUT2D eigenvalue weighted by atomic mass is 9.82. The Kier molecular flexibility index (Phi) is 5.06. The van der Waals surface area contributed by atoms with Crippen LogP contribution in [0.4, 0.5) is 0 Å². The zero-order valence-corrected chi connectivity index (χ0v) is 12.1. The predicted octanol–water partition coefficient (Wildman–Crippen LogP) is 1.34. The summed E-state index contributed by atoms with van der Waals surface area (Å²) >= 11 is 4.00. The van der Waals surface area contributed by atoms with Crippen LogP contribution in [-0.4, -0.2) is 48.0 Å². The van der Waals surface area contributed by atoms with Crippen LogP contribution in [0, 0.1) is 5.41 Å². The Balaban J connectivity index is 1.75. The molecule has 2 aliphatic heterocycles. The van der Waals surface area contributed by atoms with Crippen LogP contribution in [0.25, 0.3) is 0 Å². The van der Waals surface area contributed by atoms with E-state index in [1.165, 1.54) is 17.3 Å². The second-order valence-corrected chi connectivity index (χ2v) is 7.68. The lowest BCUT2D eigenvalue weighted by Crippen LogP contribution is -2.50. The van der Waals surface area contributed by atoms with E-state index in [-0.39, 0.29) is 11.3 Å². The second-order valence-electron chi connectivity index (χ2n) is 5.12. The molecule has 0 radical (unpaired) electrons. The minimum absolute atomic E-state index is 0.190. The van der Waals surface area contributed by atoms with E-state index in [4.69, 9.17) is 0 Å². The Labute approximate surface area is 112 Å².